The average Bonchev–Trinajstić information content (AvgIpc) is 2.90. The van der Waals surface area contributed by atoms with Crippen LogP contribution < -0.4 is 0 Å². The summed E-state index contributed by atoms with van der Waals surface area (Å²) in [4.78, 5) is 25.8. The molecule has 26 heavy (non-hydrogen) atoms. The molecule has 0 amide bonds. The minimum atomic E-state index is -0.498. The first-order chi connectivity index (χ1) is 12.5. The highest BCUT2D eigenvalue weighted by atomic mass is 32.2. The number of carbonyl (C=O) groups is 2. The molecule has 0 spiro atoms. The van der Waals surface area contributed by atoms with Gasteiger partial charge < -0.3 is 13.9 Å². The molecule has 0 fully saturated rings. The molecule has 2 heterocycles. The van der Waals surface area contributed by atoms with Crippen LogP contribution in [0, 0.1) is 25.2 Å². The highest BCUT2D eigenvalue weighted by Crippen LogP contribution is 2.36. The Morgan fingerprint density at radius 2 is 1.85 bits per heavy atom. The van der Waals surface area contributed by atoms with Crippen LogP contribution in [0.15, 0.2) is 17.2 Å². The summed E-state index contributed by atoms with van der Waals surface area (Å²) in [5.41, 5.74) is 3.12. The first-order valence-corrected chi connectivity index (χ1v) is 9.44. The van der Waals surface area contributed by atoms with E-state index in [1.807, 2.05) is 26.1 Å². The second kappa shape index (κ2) is 8.77. The molecule has 0 unspecified atom stereocenters. The van der Waals surface area contributed by atoms with Crippen molar-refractivity contribution in [2.45, 2.75) is 39.0 Å². The number of thioether (sulfide) groups is 1. The summed E-state index contributed by atoms with van der Waals surface area (Å²) < 4.78 is 12.2. The molecule has 2 rings (SSSR count). The van der Waals surface area contributed by atoms with E-state index in [4.69, 9.17) is 14.7 Å². The molecule has 0 aliphatic carbocycles. The number of pyridine rings is 1. The zero-order valence-electron chi connectivity index (χ0n) is 15.4. The van der Waals surface area contributed by atoms with Crippen molar-refractivity contribution in [2.75, 3.05) is 19.0 Å². The fourth-order valence-corrected chi connectivity index (χ4v) is 3.90. The number of aryl methyl sites for hydroxylation is 2. The number of fused-ring (bicyclic) bond motifs is 1. The van der Waals surface area contributed by atoms with E-state index in [2.05, 4.69) is 6.07 Å². The lowest BCUT2D eigenvalue weighted by Gasteiger charge is -2.07. The molecule has 6 nitrogen and oxygen atoms in total. The zero-order chi connectivity index (χ0) is 19.3. The monoisotopic (exact) mass is 374 g/mol. The molecular weight excluding hydrogens is 352 g/mol. The molecule has 0 atom stereocenters. The second-order valence-corrected chi connectivity index (χ2v) is 6.77. The maximum Gasteiger partial charge on any atom is 0.356 e. The first kappa shape index (κ1) is 19.9. The van der Waals surface area contributed by atoms with Crippen molar-refractivity contribution in [3.05, 3.63) is 34.6 Å². The number of nitrogens with zero attached hydrogens (tertiary/aromatic N) is 2. The van der Waals surface area contributed by atoms with Gasteiger partial charge in [-0.1, -0.05) is 6.07 Å². The molecular formula is C19H22N2O4S. The molecule has 7 heteroatoms. The number of hydrogen-bond donors (Lipinski definition) is 0. The Morgan fingerprint density at radius 1 is 1.19 bits per heavy atom. The summed E-state index contributed by atoms with van der Waals surface area (Å²) >= 11 is 1.30. The zero-order valence-corrected chi connectivity index (χ0v) is 16.2. The number of esters is 2. The van der Waals surface area contributed by atoms with E-state index >= 15 is 0 Å². The molecule has 2 aromatic rings. The Labute approximate surface area is 157 Å². The van der Waals surface area contributed by atoms with Crippen molar-refractivity contribution in [1.82, 2.24) is 4.40 Å². The van der Waals surface area contributed by atoms with E-state index in [9.17, 15) is 9.59 Å². The number of carbonyl (C=O) groups excluding carboxylic acids is 2. The third-order valence-electron chi connectivity index (χ3n) is 3.72. The van der Waals surface area contributed by atoms with Crippen LogP contribution in [0.5, 0.6) is 0 Å². The van der Waals surface area contributed by atoms with Gasteiger partial charge in [0.1, 0.15) is 5.69 Å². The summed E-state index contributed by atoms with van der Waals surface area (Å²) in [6, 6.07) is 4.03. The van der Waals surface area contributed by atoms with Crippen LogP contribution >= 0.6 is 11.8 Å². The number of aromatic nitrogens is 1. The van der Waals surface area contributed by atoms with Crippen LogP contribution in [-0.4, -0.2) is 35.3 Å². The maximum atomic E-state index is 12.7. The molecule has 0 aromatic carbocycles. The van der Waals surface area contributed by atoms with Gasteiger partial charge in [-0.25, -0.2) is 9.59 Å². The average molecular weight is 374 g/mol. The van der Waals surface area contributed by atoms with E-state index in [0.717, 1.165) is 11.1 Å². The second-order valence-electron chi connectivity index (χ2n) is 5.67. The Bertz CT molecular complexity index is 880. The summed E-state index contributed by atoms with van der Waals surface area (Å²) in [7, 11) is 0. The van der Waals surface area contributed by atoms with Gasteiger partial charge in [0.05, 0.1) is 35.3 Å². The maximum absolute atomic E-state index is 12.7. The number of rotatable bonds is 7. The van der Waals surface area contributed by atoms with Crippen LogP contribution in [0.2, 0.25) is 0 Å². The molecule has 0 saturated carbocycles. The van der Waals surface area contributed by atoms with Crippen molar-refractivity contribution < 1.29 is 19.1 Å². The van der Waals surface area contributed by atoms with Gasteiger partial charge >= 0.3 is 11.9 Å². The fourth-order valence-electron chi connectivity index (χ4n) is 2.86. The molecule has 0 saturated heterocycles. The molecule has 0 aliphatic heterocycles. The van der Waals surface area contributed by atoms with Gasteiger partial charge in [0, 0.05) is 18.4 Å². The Morgan fingerprint density at radius 3 is 2.46 bits per heavy atom. The lowest BCUT2D eigenvalue weighted by Crippen LogP contribution is -2.10. The van der Waals surface area contributed by atoms with Gasteiger partial charge in [-0.05, 0) is 38.8 Å². The van der Waals surface area contributed by atoms with Crippen molar-refractivity contribution in [1.29, 1.82) is 5.26 Å². The summed E-state index contributed by atoms with van der Waals surface area (Å²) in [6.45, 7) is 7.75. The summed E-state index contributed by atoms with van der Waals surface area (Å²) in [5.74, 6) is -0.515. The molecule has 0 N–H and O–H groups in total. The SMILES string of the molecule is CCOC(=O)c1c(SCCC#N)c(C(=O)OCC)n2cc(C)cc(C)c12. The fraction of sp³-hybridized carbons (Fsp3) is 0.421. The van der Waals surface area contributed by atoms with Crippen LogP contribution in [0.1, 0.15) is 52.2 Å². The van der Waals surface area contributed by atoms with Crippen LogP contribution in [0.25, 0.3) is 5.52 Å². The molecule has 0 aliphatic rings. The third-order valence-corrected chi connectivity index (χ3v) is 4.81. The number of ether oxygens (including phenoxy) is 2. The summed E-state index contributed by atoms with van der Waals surface area (Å²) in [6.07, 6.45) is 2.12. The van der Waals surface area contributed by atoms with Crippen LogP contribution in [0.3, 0.4) is 0 Å². The quantitative estimate of drug-likeness (QED) is 0.415. The van der Waals surface area contributed by atoms with Gasteiger partial charge in [0.25, 0.3) is 0 Å². The first-order valence-electron chi connectivity index (χ1n) is 8.45. The molecule has 138 valence electrons. The lowest BCUT2D eigenvalue weighted by molar-refractivity contribution is 0.0514. The van der Waals surface area contributed by atoms with Crippen molar-refractivity contribution in [2.24, 2.45) is 0 Å². The third kappa shape index (κ3) is 3.86. The lowest BCUT2D eigenvalue weighted by atomic mass is 10.1. The van der Waals surface area contributed by atoms with E-state index in [0.29, 0.717) is 33.8 Å². The normalized spacial score (nSPS) is 10.6. The molecule has 2 aromatic heterocycles. The van der Waals surface area contributed by atoms with Crippen LogP contribution in [0.4, 0.5) is 0 Å². The minimum absolute atomic E-state index is 0.230. The van der Waals surface area contributed by atoms with Crippen molar-refractivity contribution in [3.8, 4) is 6.07 Å². The van der Waals surface area contributed by atoms with Crippen molar-refractivity contribution >= 4 is 29.2 Å². The molecule has 0 bridgehead atoms. The van der Waals surface area contributed by atoms with E-state index < -0.39 is 11.9 Å². The Balaban J connectivity index is 2.82. The highest BCUT2D eigenvalue weighted by molar-refractivity contribution is 7.99. The molecule has 0 radical (unpaired) electrons. The predicted octanol–water partition coefficient (Wildman–Crippen LogP) is 3.92. The number of nitriles is 1. The van der Waals surface area contributed by atoms with Gasteiger partial charge in [-0.15, -0.1) is 11.8 Å². The minimum Gasteiger partial charge on any atom is -0.462 e. The smallest absolute Gasteiger partial charge is 0.356 e. The van der Waals surface area contributed by atoms with E-state index in [-0.39, 0.29) is 13.2 Å². The van der Waals surface area contributed by atoms with E-state index in [1.54, 1.807) is 18.2 Å². The highest BCUT2D eigenvalue weighted by Gasteiger charge is 2.30. The van der Waals surface area contributed by atoms with Gasteiger partial charge in [0.15, 0.2) is 0 Å². The Hall–Kier alpha value is -2.46. The van der Waals surface area contributed by atoms with Gasteiger partial charge in [-0.2, -0.15) is 5.26 Å². The van der Waals surface area contributed by atoms with Gasteiger partial charge in [0.2, 0.25) is 0 Å². The largest absolute Gasteiger partial charge is 0.462 e. The van der Waals surface area contributed by atoms with Crippen LogP contribution in [-0.2, 0) is 9.47 Å². The Kier molecular flexibility index (Phi) is 6.70. The van der Waals surface area contributed by atoms with Gasteiger partial charge in [-0.3, -0.25) is 0 Å². The standard InChI is InChI=1S/C19H22N2O4S/c1-5-24-18(22)14-15-13(4)10-12(3)11-21(15)16(19(23)25-6-2)17(14)26-9-7-8-20/h10-11H,5-7,9H2,1-4H3. The number of hydrogen-bond acceptors (Lipinski definition) is 6. The summed E-state index contributed by atoms with van der Waals surface area (Å²) in [5, 5.41) is 8.84. The van der Waals surface area contributed by atoms with E-state index in [1.165, 1.54) is 11.8 Å². The topological polar surface area (TPSA) is 80.8 Å². The van der Waals surface area contributed by atoms with Crippen molar-refractivity contribution in [3.63, 3.8) is 0 Å². The predicted molar refractivity (Wildman–Crippen MR) is 99.7 cm³/mol.